The largest absolute Gasteiger partial charge is 0.508 e. The average molecular weight is 256 g/mol. The number of aromatic amines is 1. The Morgan fingerprint density at radius 3 is 2.53 bits per heavy atom. The predicted octanol–water partition coefficient (Wildman–Crippen LogP) is 1.79. The van der Waals surface area contributed by atoms with Crippen molar-refractivity contribution >= 4 is 11.0 Å². The highest BCUT2D eigenvalue weighted by atomic mass is 16.3. The van der Waals surface area contributed by atoms with E-state index in [1.165, 1.54) is 6.07 Å². The van der Waals surface area contributed by atoms with Crippen LogP contribution in [0.3, 0.4) is 0 Å². The van der Waals surface area contributed by atoms with E-state index in [0.29, 0.717) is 17.6 Å². The van der Waals surface area contributed by atoms with Gasteiger partial charge in [0.1, 0.15) is 17.0 Å². The first kappa shape index (κ1) is 11.4. The molecule has 0 amide bonds. The fraction of sp³-hybridized carbons (Fsp3) is 0.0714. The smallest absolute Gasteiger partial charge is 0.326 e. The number of nitrogens with one attached hydrogen (secondary N) is 1. The maximum absolute atomic E-state index is 11.9. The standard InChI is InChI=1S/C14H12N2O3/c17-10-6-4-9(5-7-10)8-16-11-2-1-3-12(18)13(11)15-14(16)19/h1-7,17-18H,8H2,(H,15,19). The molecule has 3 aromatic rings. The molecular formula is C14H12N2O3. The molecule has 0 aliphatic heterocycles. The van der Waals surface area contributed by atoms with Gasteiger partial charge in [-0.25, -0.2) is 4.79 Å². The third-order valence-electron chi connectivity index (χ3n) is 3.07. The van der Waals surface area contributed by atoms with Gasteiger partial charge >= 0.3 is 5.69 Å². The maximum Gasteiger partial charge on any atom is 0.326 e. The van der Waals surface area contributed by atoms with E-state index in [0.717, 1.165) is 5.56 Å². The van der Waals surface area contributed by atoms with Crippen LogP contribution in [0, 0.1) is 0 Å². The topological polar surface area (TPSA) is 78.2 Å². The number of hydrogen-bond donors (Lipinski definition) is 3. The summed E-state index contributed by atoms with van der Waals surface area (Å²) in [5.41, 5.74) is 1.71. The summed E-state index contributed by atoms with van der Waals surface area (Å²) in [6.07, 6.45) is 0. The first-order valence-electron chi connectivity index (χ1n) is 5.83. The zero-order chi connectivity index (χ0) is 13.4. The summed E-state index contributed by atoms with van der Waals surface area (Å²) in [6, 6.07) is 11.7. The van der Waals surface area contributed by atoms with Gasteiger partial charge in [-0.3, -0.25) is 4.57 Å². The van der Waals surface area contributed by atoms with E-state index in [2.05, 4.69) is 4.98 Å². The number of benzene rings is 2. The number of phenolic OH excluding ortho intramolecular Hbond substituents is 2. The lowest BCUT2D eigenvalue weighted by atomic mass is 10.2. The van der Waals surface area contributed by atoms with Crippen LogP contribution in [-0.2, 0) is 6.54 Å². The third-order valence-corrected chi connectivity index (χ3v) is 3.07. The highest BCUT2D eigenvalue weighted by molar-refractivity contribution is 5.81. The SMILES string of the molecule is O=c1[nH]c2c(O)cccc2n1Cc1ccc(O)cc1. The van der Waals surface area contributed by atoms with Crippen molar-refractivity contribution in [2.45, 2.75) is 6.54 Å². The van der Waals surface area contributed by atoms with Crippen LogP contribution in [-0.4, -0.2) is 19.8 Å². The molecular weight excluding hydrogens is 244 g/mol. The number of phenols is 2. The number of fused-ring (bicyclic) bond motifs is 1. The molecule has 19 heavy (non-hydrogen) atoms. The summed E-state index contributed by atoms with van der Waals surface area (Å²) in [5.74, 6) is 0.242. The quantitative estimate of drug-likeness (QED) is 0.654. The summed E-state index contributed by atoms with van der Waals surface area (Å²) in [6.45, 7) is 0.378. The number of aromatic nitrogens is 2. The Hall–Kier alpha value is -2.69. The predicted molar refractivity (Wildman–Crippen MR) is 71.4 cm³/mol. The molecule has 2 aromatic carbocycles. The summed E-state index contributed by atoms with van der Waals surface area (Å²) in [5, 5.41) is 18.9. The van der Waals surface area contributed by atoms with Gasteiger partial charge in [0.2, 0.25) is 0 Å². The molecule has 0 saturated carbocycles. The second kappa shape index (κ2) is 4.20. The van der Waals surface area contributed by atoms with Crippen molar-refractivity contribution in [1.29, 1.82) is 0 Å². The lowest BCUT2D eigenvalue weighted by molar-refractivity contribution is 0.475. The van der Waals surface area contributed by atoms with E-state index in [1.54, 1.807) is 41.0 Å². The van der Waals surface area contributed by atoms with Crippen molar-refractivity contribution in [3.63, 3.8) is 0 Å². The lowest BCUT2D eigenvalue weighted by Crippen LogP contribution is -2.17. The van der Waals surface area contributed by atoms with Crippen molar-refractivity contribution < 1.29 is 10.2 Å². The first-order valence-corrected chi connectivity index (χ1v) is 5.83. The molecule has 0 unspecified atom stereocenters. The number of imidazole rings is 1. The number of nitrogens with zero attached hydrogens (tertiary/aromatic N) is 1. The Kier molecular flexibility index (Phi) is 2.52. The van der Waals surface area contributed by atoms with Crippen LogP contribution < -0.4 is 5.69 Å². The van der Waals surface area contributed by atoms with E-state index < -0.39 is 0 Å². The summed E-state index contributed by atoms with van der Waals surface area (Å²) < 4.78 is 1.54. The van der Waals surface area contributed by atoms with Crippen LogP contribution in [0.1, 0.15) is 5.56 Å². The Bertz CT molecular complexity index is 785. The van der Waals surface area contributed by atoms with Gasteiger partial charge in [-0.15, -0.1) is 0 Å². The van der Waals surface area contributed by atoms with Gasteiger partial charge in [0.05, 0.1) is 12.1 Å². The molecule has 0 aliphatic carbocycles. The molecule has 0 bridgehead atoms. The number of aromatic hydroxyl groups is 2. The molecule has 5 heteroatoms. The van der Waals surface area contributed by atoms with Gasteiger partial charge in [0.15, 0.2) is 0 Å². The van der Waals surface area contributed by atoms with Crippen molar-refractivity contribution in [1.82, 2.24) is 9.55 Å². The van der Waals surface area contributed by atoms with Crippen molar-refractivity contribution in [3.05, 3.63) is 58.5 Å². The summed E-state index contributed by atoms with van der Waals surface area (Å²) in [4.78, 5) is 14.5. The molecule has 0 atom stereocenters. The molecule has 0 fully saturated rings. The molecule has 3 N–H and O–H groups in total. The number of hydrogen-bond acceptors (Lipinski definition) is 3. The van der Waals surface area contributed by atoms with Crippen LogP contribution in [0.15, 0.2) is 47.3 Å². The zero-order valence-electron chi connectivity index (χ0n) is 10.00. The Morgan fingerprint density at radius 2 is 1.79 bits per heavy atom. The fourth-order valence-electron chi connectivity index (χ4n) is 2.11. The normalized spacial score (nSPS) is 10.9. The molecule has 0 spiro atoms. The minimum absolute atomic E-state index is 0.0547. The average Bonchev–Trinajstić information content (AvgIpc) is 2.71. The molecule has 0 radical (unpaired) electrons. The molecule has 1 heterocycles. The van der Waals surface area contributed by atoms with Gasteiger partial charge in [-0.05, 0) is 29.8 Å². The zero-order valence-corrected chi connectivity index (χ0v) is 10.00. The summed E-state index contributed by atoms with van der Waals surface area (Å²) in [7, 11) is 0. The molecule has 96 valence electrons. The second-order valence-corrected chi connectivity index (χ2v) is 4.35. The third kappa shape index (κ3) is 1.95. The van der Waals surface area contributed by atoms with Crippen LogP contribution in [0.2, 0.25) is 0 Å². The number of rotatable bonds is 2. The molecule has 5 nitrogen and oxygen atoms in total. The van der Waals surface area contributed by atoms with Gasteiger partial charge < -0.3 is 15.2 Å². The molecule has 0 aliphatic rings. The van der Waals surface area contributed by atoms with Crippen LogP contribution in [0.25, 0.3) is 11.0 Å². The van der Waals surface area contributed by atoms with Gasteiger partial charge in [-0.2, -0.15) is 0 Å². The van der Waals surface area contributed by atoms with Gasteiger partial charge in [-0.1, -0.05) is 18.2 Å². The Balaban J connectivity index is 2.10. The molecule has 3 rings (SSSR count). The number of H-pyrrole nitrogens is 1. The molecule has 0 saturated heterocycles. The second-order valence-electron chi connectivity index (χ2n) is 4.35. The lowest BCUT2D eigenvalue weighted by Gasteiger charge is -2.04. The highest BCUT2D eigenvalue weighted by Crippen LogP contribution is 2.21. The Labute approximate surface area is 108 Å². The van der Waals surface area contributed by atoms with Crippen LogP contribution in [0.5, 0.6) is 11.5 Å². The van der Waals surface area contributed by atoms with E-state index in [1.807, 2.05) is 0 Å². The first-order chi connectivity index (χ1) is 9.15. The summed E-state index contributed by atoms with van der Waals surface area (Å²) >= 11 is 0. The van der Waals surface area contributed by atoms with Crippen molar-refractivity contribution in [2.75, 3.05) is 0 Å². The highest BCUT2D eigenvalue weighted by Gasteiger charge is 2.09. The van der Waals surface area contributed by atoms with E-state index >= 15 is 0 Å². The van der Waals surface area contributed by atoms with Crippen LogP contribution in [0.4, 0.5) is 0 Å². The van der Waals surface area contributed by atoms with E-state index in [4.69, 9.17) is 0 Å². The van der Waals surface area contributed by atoms with E-state index in [-0.39, 0.29) is 17.2 Å². The minimum Gasteiger partial charge on any atom is -0.508 e. The van der Waals surface area contributed by atoms with Crippen molar-refractivity contribution in [3.8, 4) is 11.5 Å². The monoisotopic (exact) mass is 256 g/mol. The van der Waals surface area contributed by atoms with Gasteiger partial charge in [0, 0.05) is 0 Å². The van der Waals surface area contributed by atoms with E-state index in [9.17, 15) is 15.0 Å². The minimum atomic E-state index is -0.274. The van der Waals surface area contributed by atoms with Gasteiger partial charge in [0.25, 0.3) is 0 Å². The Morgan fingerprint density at radius 1 is 1.05 bits per heavy atom. The van der Waals surface area contributed by atoms with Crippen LogP contribution >= 0.6 is 0 Å². The maximum atomic E-state index is 11.9. The van der Waals surface area contributed by atoms with Crippen molar-refractivity contribution in [2.24, 2.45) is 0 Å². The number of para-hydroxylation sites is 1. The fourth-order valence-corrected chi connectivity index (χ4v) is 2.11. The molecule has 1 aromatic heterocycles.